The van der Waals surface area contributed by atoms with Crippen molar-refractivity contribution >= 4 is 11.6 Å². The fourth-order valence-corrected chi connectivity index (χ4v) is 1.90. The molecule has 0 spiro atoms. The Morgan fingerprint density at radius 3 is 2.53 bits per heavy atom. The normalized spacial score (nSPS) is 11.4. The molecule has 0 heterocycles. The van der Waals surface area contributed by atoms with Crippen LogP contribution in [0.3, 0.4) is 0 Å². The van der Waals surface area contributed by atoms with Crippen molar-refractivity contribution in [2.45, 2.75) is 13.0 Å². The van der Waals surface area contributed by atoms with Crippen LogP contribution in [-0.2, 0) is 6.54 Å². The van der Waals surface area contributed by atoms with Gasteiger partial charge in [0.05, 0.1) is 0 Å². The topological polar surface area (TPSA) is 26.7 Å². The zero-order chi connectivity index (χ0) is 12.8. The van der Waals surface area contributed by atoms with Crippen molar-refractivity contribution in [3.63, 3.8) is 0 Å². The number of phenolic OH excluding ortho intramolecular Hbond substituents is 1. The van der Waals surface area contributed by atoms with Gasteiger partial charge in [-0.15, -0.1) is 0 Å². The molecule has 0 aliphatic rings. The van der Waals surface area contributed by atoms with E-state index in [2.05, 4.69) is 30.9 Å². The Morgan fingerprint density at radius 2 is 1.88 bits per heavy atom. The predicted octanol–water partition coefficient (Wildman–Crippen LogP) is 2.43. The average molecular weight is 257 g/mol. The predicted molar refractivity (Wildman–Crippen MR) is 72.6 cm³/mol. The van der Waals surface area contributed by atoms with Gasteiger partial charge in [0.25, 0.3) is 0 Å². The lowest BCUT2D eigenvalue weighted by Crippen LogP contribution is -2.23. The SMILES string of the molecule is CN(C)CCCN(C)Cc1cc(Cl)ccc1O. The molecule has 0 unspecified atom stereocenters. The minimum absolute atomic E-state index is 0.314. The van der Waals surface area contributed by atoms with Crippen LogP contribution in [0.5, 0.6) is 5.75 Å². The summed E-state index contributed by atoms with van der Waals surface area (Å²) in [4.78, 5) is 4.36. The van der Waals surface area contributed by atoms with Gasteiger partial charge in [0.15, 0.2) is 0 Å². The number of benzene rings is 1. The van der Waals surface area contributed by atoms with Gasteiger partial charge >= 0.3 is 0 Å². The van der Waals surface area contributed by atoms with Crippen LogP contribution in [-0.4, -0.2) is 49.1 Å². The maximum absolute atomic E-state index is 9.70. The Morgan fingerprint density at radius 1 is 1.18 bits per heavy atom. The average Bonchev–Trinajstić information content (AvgIpc) is 2.23. The molecule has 0 aliphatic heterocycles. The smallest absolute Gasteiger partial charge is 0.120 e. The molecule has 0 aliphatic carbocycles. The van der Waals surface area contributed by atoms with Crippen LogP contribution < -0.4 is 0 Å². The number of aromatic hydroxyl groups is 1. The Bertz CT molecular complexity index is 355. The fraction of sp³-hybridized carbons (Fsp3) is 0.538. The second kappa shape index (κ2) is 6.84. The second-order valence-electron chi connectivity index (χ2n) is 4.67. The Hall–Kier alpha value is -0.770. The van der Waals surface area contributed by atoms with E-state index in [1.165, 1.54) is 0 Å². The van der Waals surface area contributed by atoms with Crippen molar-refractivity contribution in [2.24, 2.45) is 0 Å². The summed E-state index contributed by atoms with van der Waals surface area (Å²) >= 11 is 5.91. The van der Waals surface area contributed by atoms with Crippen LogP contribution in [0.25, 0.3) is 0 Å². The lowest BCUT2D eigenvalue weighted by Gasteiger charge is -2.18. The summed E-state index contributed by atoms with van der Waals surface area (Å²) in [5.74, 6) is 0.314. The number of hydrogen-bond acceptors (Lipinski definition) is 3. The second-order valence-corrected chi connectivity index (χ2v) is 5.10. The standard InChI is InChI=1S/C13H21ClN2O/c1-15(2)7-4-8-16(3)10-11-9-12(14)5-6-13(11)17/h5-6,9,17H,4,7-8,10H2,1-3H3. The first-order valence-corrected chi connectivity index (χ1v) is 6.17. The molecule has 96 valence electrons. The first-order chi connectivity index (χ1) is 7.99. The van der Waals surface area contributed by atoms with Gasteiger partial charge in [-0.2, -0.15) is 0 Å². The first-order valence-electron chi connectivity index (χ1n) is 5.79. The van der Waals surface area contributed by atoms with Crippen molar-refractivity contribution in [3.05, 3.63) is 28.8 Å². The van der Waals surface area contributed by atoms with Crippen LogP contribution in [0.1, 0.15) is 12.0 Å². The molecule has 0 saturated heterocycles. The molecule has 0 atom stereocenters. The number of phenols is 1. The summed E-state index contributed by atoms with van der Waals surface area (Å²) in [6.07, 6.45) is 1.12. The van der Waals surface area contributed by atoms with E-state index in [-0.39, 0.29) is 0 Å². The van der Waals surface area contributed by atoms with Gasteiger partial charge in [-0.3, -0.25) is 0 Å². The molecule has 0 bridgehead atoms. The van der Waals surface area contributed by atoms with Gasteiger partial charge < -0.3 is 14.9 Å². The van der Waals surface area contributed by atoms with Crippen LogP contribution in [0.15, 0.2) is 18.2 Å². The fourth-order valence-electron chi connectivity index (χ4n) is 1.71. The summed E-state index contributed by atoms with van der Waals surface area (Å²) in [6, 6.07) is 5.16. The zero-order valence-electron chi connectivity index (χ0n) is 10.8. The highest BCUT2D eigenvalue weighted by Crippen LogP contribution is 2.22. The molecule has 0 radical (unpaired) electrons. The molecule has 4 heteroatoms. The monoisotopic (exact) mass is 256 g/mol. The van der Waals surface area contributed by atoms with Crippen molar-refractivity contribution in [1.29, 1.82) is 0 Å². The van der Waals surface area contributed by atoms with Gasteiger partial charge in [0.1, 0.15) is 5.75 Å². The van der Waals surface area contributed by atoms with Crippen molar-refractivity contribution in [1.82, 2.24) is 9.80 Å². The van der Waals surface area contributed by atoms with E-state index < -0.39 is 0 Å². The number of hydrogen-bond donors (Lipinski definition) is 1. The maximum atomic E-state index is 9.70. The highest BCUT2D eigenvalue weighted by Gasteiger charge is 2.06. The van der Waals surface area contributed by atoms with E-state index >= 15 is 0 Å². The van der Waals surface area contributed by atoms with Crippen LogP contribution in [0, 0.1) is 0 Å². The highest BCUT2D eigenvalue weighted by molar-refractivity contribution is 6.30. The van der Waals surface area contributed by atoms with Crippen molar-refractivity contribution in [3.8, 4) is 5.75 Å². The third-order valence-electron chi connectivity index (χ3n) is 2.63. The van der Waals surface area contributed by atoms with Crippen LogP contribution in [0.4, 0.5) is 0 Å². The maximum Gasteiger partial charge on any atom is 0.120 e. The summed E-state index contributed by atoms with van der Waals surface area (Å²) in [5.41, 5.74) is 0.879. The first kappa shape index (κ1) is 14.3. The van der Waals surface area contributed by atoms with Crippen molar-refractivity contribution in [2.75, 3.05) is 34.2 Å². The van der Waals surface area contributed by atoms with E-state index in [1.807, 2.05) is 6.07 Å². The van der Waals surface area contributed by atoms with Gasteiger partial charge in [0.2, 0.25) is 0 Å². The Balaban J connectivity index is 2.44. The molecule has 1 rings (SSSR count). The Kier molecular flexibility index (Phi) is 5.75. The van der Waals surface area contributed by atoms with Gasteiger partial charge in [-0.25, -0.2) is 0 Å². The molecule has 1 N–H and O–H groups in total. The zero-order valence-corrected chi connectivity index (χ0v) is 11.5. The van der Waals surface area contributed by atoms with E-state index in [0.717, 1.165) is 31.6 Å². The lowest BCUT2D eigenvalue weighted by molar-refractivity contribution is 0.291. The number of rotatable bonds is 6. The molecule has 0 amide bonds. The third-order valence-corrected chi connectivity index (χ3v) is 2.86. The summed E-state index contributed by atoms with van der Waals surface area (Å²) in [7, 11) is 6.20. The minimum Gasteiger partial charge on any atom is -0.508 e. The minimum atomic E-state index is 0.314. The van der Waals surface area contributed by atoms with E-state index in [4.69, 9.17) is 11.6 Å². The molecule has 0 fully saturated rings. The van der Waals surface area contributed by atoms with Gasteiger partial charge in [0, 0.05) is 17.1 Å². The van der Waals surface area contributed by atoms with E-state index in [9.17, 15) is 5.11 Å². The van der Waals surface area contributed by atoms with E-state index in [1.54, 1.807) is 12.1 Å². The van der Waals surface area contributed by atoms with E-state index in [0.29, 0.717) is 10.8 Å². The summed E-state index contributed by atoms with van der Waals surface area (Å²) in [5, 5.41) is 10.4. The number of halogens is 1. The molecular formula is C13H21ClN2O. The molecule has 1 aromatic carbocycles. The van der Waals surface area contributed by atoms with Crippen LogP contribution in [0.2, 0.25) is 5.02 Å². The molecule has 1 aromatic rings. The van der Waals surface area contributed by atoms with Gasteiger partial charge in [-0.1, -0.05) is 11.6 Å². The summed E-state index contributed by atoms with van der Waals surface area (Å²) < 4.78 is 0. The lowest BCUT2D eigenvalue weighted by atomic mass is 10.2. The molecule has 0 aromatic heterocycles. The Labute approximate surface area is 109 Å². The van der Waals surface area contributed by atoms with Gasteiger partial charge in [-0.05, 0) is 58.9 Å². The molecule has 17 heavy (non-hydrogen) atoms. The molecular weight excluding hydrogens is 236 g/mol. The highest BCUT2D eigenvalue weighted by atomic mass is 35.5. The molecule has 0 saturated carbocycles. The van der Waals surface area contributed by atoms with Crippen LogP contribution >= 0.6 is 11.6 Å². The quantitative estimate of drug-likeness (QED) is 0.847. The summed E-state index contributed by atoms with van der Waals surface area (Å²) in [6.45, 7) is 2.80. The number of nitrogens with zero attached hydrogens (tertiary/aromatic N) is 2. The third kappa shape index (κ3) is 5.39. The molecule has 3 nitrogen and oxygen atoms in total. The largest absolute Gasteiger partial charge is 0.508 e. The van der Waals surface area contributed by atoms with Crippen molar-refractivity contribution < 1.29 is 5.11 Å².